The van der Waals surface area contributed by atoms with Gasteiger partial charge in [-0.05, 0) is 55.0 Å². The van der Waals surface area contributed by atoms with E-state index in [0.29, 0.717) is 22.7 Å². The first kappa shape index (κ1) is 18.4. The molecule has 0 N–H and O–H groups in total. The van der Waals surface area contributed by atoms with Crippen molar-refractivity contribution < 1.29 is 23.5 Å². The molecule has 3 rings (SSSR count). The second-order valence-corrected chi connectivity index (χ2v) is 5.90. The Morgan fingerprint density at radius 1 is 1.11 bits per heavy atom. The second kappa shape index (κ2) is 7.45. The molecule has 5 nitrogen and oxygen atoms in total. The van der Waals surface area contributed by atoms with Crippen LogP contribution in [-0.2, 0) is 14.3 Å². The molecule has 0 unspecified atom stereocenters. The highest BCUT2D eigenvalue weighted by molar-refractivity contribution is 6.23. The van der Waals surface area contributed by atoms with Gasteiger partial charge in [-0.3, -0.25) is 9.69 Å². The number of esters is 1. The van der Waals surface area contributed by atoms with Crippen molar-refractivity contribution in [2.45, 2.75) is 6.92 Å². The number of nitrogens with zero attached hydrogens (tertiary/aromatic N) is 1. The number of carbonyl (C=O) groups excluding carboxylic acids is 2. The van der Waals surface area contributed by atoms with Crippen LogP contribution >= 0.6 is 0 Å². The van der Waals surface area contributed by atoms with Crippen LogP contribution in [-0.4, -0.2) is 26.1 Å². The summed E-state index contributed by atoms with van der Waals surface area (Å²) in [5.74, 6) is -0.778. The van der Waals surface area contributed by atoms with Crippen molar-refractivity contribution in [2.24, 2.45) is 0 Å². The van der Waals surface area contributed by atoms with E-state index in [4.69, 9.17) is 9.47 Å². The number of carbonyl (C=O) groups is 2. The molecular formula is C21H18FNO4. The van der Waals surface area contributed by atoms with Crippen molar-refractivity contribution in [2.75, 3.05) is 19.1 Å². The third kappa shape index (κ3) is 3.46. The Morgan fingerprint density at radius 2 is 1.81 bits per heavy atom. The Hall–Kier alpha value is -3.41. The van der Waals surface area contributed by atoms with Gasteiger partial charge in [-0.15, -0.1) is 0 Å². The lowest BCUT2D eigenvalue weighted by Crippen LogP contribution is -2.24. The first-order valence-electron chi connectivity index (χ1n) is 8.21. The van der Waals surface area contributed by atoms with Gasteiger partial charge in [-0.25, -0.2) is 9.18 Å². The monoisotopic (exact) mass is 367 g/mol. The molecule has 27 heavy (non-hydrogen) atoms. The molecule has 0 saturated heterocycles. The maximum absolute atomic E-state index is 13.3. The summed E-state index contributed by atoms with van der Waals surface area (Å²) >= 11 is 0. The van der Waals surface area contributed by atoms with Gasteiger partial charge in [-0.2, -0.15) is 0 Å². The zero-order valence-corrected chi connectivity index (χ0v) is 15.2. The first-order valence-corrected chi connectivity index (χ1v) is 8.21. The molecule has 2 aromatic carbocycles. The molecule has 0 spiro atoms. The van der Waals surface area contributed by atoms with Gasteiger partial charge in [0.15, 0.2) is 0 Å². The summed E-state index contributed by atoms with van der Waals surface area (Å²) < 4.78 is 23.3. The molecule has 0 radical (unpaired) electrons. The fraction of sp³-hybridized carbons (Fsp3) is 0.143. The maximum atomic E-state index is 13.3. The molecule has 0 aromatic heterocycles. The van der Waals surface area contributed by atoms with E-state index < -0.39 is 11.8 Å². The lowest BCUT2D eigenvalue weighted by Gasteiger charge is -2.17. The number of ether oxygens (including phenoxy) is 2. The van der Waals surface area contributed by atoms with Crippen molar-refractivity contribution >= 4 is 23.6 Å². The van der Waals surface area contributed by atoms with Crippen LogP contribution in [0.5, 0.6) is 5.75 Å². The zero-order chi connectivity index (χ0) is 19.6. The van der Waals surface area contributed by atoms with Gasteiger partial charge in [0.2, 0.25) is 0 Å². The van der Waals surface area contributed by atoms with Crippen LogP contribution in [0.15, 0.2) is 65.4 Å². The molecule has 0 aliphatic carbocycles. The number of allylic oxidation sites excluding steroid dienone is 1. The second-order valence-electron chi connectivity index (χ2n) is 5.90. The highest BCUT2D eigenvalue weighted by Gasteiger charge is 2.37. The summed E-state index contributed by atoms with van der Waals surface area (Å²) in [6.07, 6.45) is 1.62. The molecule has 0 atom stereocenters. The van der Waals surface area contributed by atoms with Crippen molar-refractivity contribution in [1.82, 2.24) is 0 Å². The van der Waals surface area contributed by atoms with Gasteiger partial charge in [-0.1, -0.05) is 12.1 Å². The summed E-state index contributed by atoms with van der Waals surface area (Å²) in [5, 5.41) is 0. The molecule has 1 heterocycles. The Labute approximate surface area is 156 Å². The normalized spacial score (nSPS) is 15.5. The quantitative estimate of drug-likeness (QED) is 0.611. The summed E-state index contributed by atoms with van der Waals surface area (Å²) in [6, 6.07) is 12.6. The summed E-state index contributed by atoms with van der Waals surface area (Å²) in [4.78, 5) is 26.8. The van der Waals surface area contributed by atoms with Gasteiger partial charge in [0, 0.05) is 11.4 Å². The number of amides is 1. The molecule has 0 bridgehead atoms. The molecule has 1 amide bonds. The highest BCUT2D eigenvalue weighted by Crippen LogP contribution is 2.35. The van der Waals surface area contributed by atoms with E-state index in [2.05, 4.69) is 0 Å². The average molecular weight is 367 g/mol. The Balaban J connectivity index is 2.12. The van der Waals surface area contributed by atoms with Crippen molar-refractivity contribution in [1.29, 1.82) is 0 Å². The predicted molar refractivity (Wildman–Crippen MR) is 99.6 cm³/mol. The predicted octanol–water partition coefficient (Wildman–Crippen LogP) is 3.71. The minimum absolute atomic E-state index is 0.176. The summed E-state index contributed by atoms with van der Waals surface area (Å²) in [6.45, 7) is 1.65. The van der Waals surface area contributed by atoms with Gasteiger partial charge in [0.1, 0.15) is 11.6 Å². The van der Waals surface area contributed by atoms with E-state index >= 15 is 0 Å². The number of rotatable bonds is 4. The third-order valence-electron chi connectivity index (χ3n) is 4.28. The number of methoxy groups -OCH3 is 2. The number of benzene rings is 2. The standard InChI is InChI=1S/C21H18FNO4/c1-13-19(21(25)27-3)18(12-14-5-4-6-17(11-14)26-2)20(24)23(13)16-9-7-15(22)8-10-16/h4-12H,1-3H3/b18-12-. The topological polar surface area (TPSA) is 55.8 Å². The van der Waals surface area contributed by atoms with Crippen molar-refractivity contribution in [3.05, 3.63) is 76.8 Å². The van der Waals surface area contributed by atoms with Gasteiger partial charge in [0.05, 0.1) is 25.4 Å². The zero-order valence-electron chi connectivity index (χ0n) is 15.2. The van der Waals surface area contributed by atoms with Crippen LogP contribution in [0.3, 0.4) is 0 Å². The molecule has 2 aromatic rings. The van der Waals surface area contributed by atoms with Gasteiger partial charge < -0.3 is 9.47 Å². The Bertz CT molecular complexity index is 960. The minimum atomic E-state index is -0.611. The van der Waals surface area contributed by atoms with E-state index in [9.17, 15) is 14.0 Å². The average Bonchev–Trinajstić information content (AvgIpc) is 2.92. The third-order valence-corrected chi connectivity index (χ3v) is 4.28. The fourth-order valence-corrected chi connectivity index (χ4v) is 2.98. The number of hydrogen-bond acceptors (Lipinski definition) is 4. The summed E-state index contributed by atoms with van der Waals surface area (Å²) in [7, 11) is 2.81. The van der Waals surface area contributed by atoms with Crippen LogP contribution in [0.2, 0.25) is 0 Å². The van der Waals surface area contributed by atoms with E-state index in [0.717, 1.165) is 0 Å². The van der Waals surface area contributed by atoms with Crippen LogP contribution in [0.4, 0.5) is 10.1 Å². The van der Waals surface area contributed by atoms with Crippen LogP contribution in [0.25, 0.3) is 6.08 Å². The van der Waals surface area contributed by atoms with Gasteiger partial charge >= 0.3 is 5.97 Å². The molecule has 0 saturated carbocycles. The highest BCUT2D eigenvalue weighted by atomic mass is 19.1. The summed E-state index contributed by atoms with van der Waals surface area (Å²) in [5.41, 5.74) is 1.97. The van der Waals surface area contributed by atoms with E-state index in [1.54, 1.807) is 44.4 Å². The number of hydrogen-bond donors (Lipinski definition) is 0. The van der Waals surface area contributed by atoms with Crippen LogP contribution in [0.1, 0.15) is 12.5 Å². The van der Waals surface area contributed by atoms with Crippen molar-refractivity contribution in [3.63, 3.8) is 0 Å². The van der Waals surface area contributed by atoms with E-state index in [-0.39, 0.29) is 17.1 Å². The lowest BCUT2D eigenvalue weighted by atomic mass is 10.0. The fourth-order valence-electron chi connectivity index (χ4n) is 2.98. The Morgan fingerprint density at radius 3 is 2.44 bits per heavy atom. The molecule has 1 aliphatic heterocycles. The van der Waals surface area contributed by atoms with Crippen LogP contribution < -0.4 is 9.64 Å². The first-order chi connectivity index (χ1) is 13.0. The van der Waals surface area contributed by atoms with Crippen LogP contribution in [0, 0.1) is 5.82 Å². The number of anilines is 1. The molecule has 6 heteroatoms. The smallest absolute Gasteiger partial charge is 0.340 e. The van der Waals surface area contributed by atoms with E-state index in [1.807, 2.05) is 0 Å². The maximum Gasteiger partial charge on any atom is 0.340 e. The van der Waals surface area contributed by atoms with E-state index in [1.165, 1.54) is 36.3 Å². The molecular weight excluding hydrogens is 349 g/mol. The largest absolute Gasteiger partial charge is 0.497 e. The molecule has 138 valence electrons. The van der Waals surface area contributed by atoms with Gasteiger partial charge in [0.25, 0.3) is 5.91 Å². The minimum Gasteiger partial charge on any atom is -0.497 e. The molecule has 1 aliphatic rings. The number of halogens is 1. The van der Waals surface area contributed by atoms with Crippen molar-refractivity contribution in [3.8, 4) is 5.75 Å². The Kier molecular flexibility index (Phi) is 5.07. The molecule has 0 fully saturated rings. The SMILES string of the molecule is COC(=O)C1=C(C)N(c2ccc(F)cc2)C(=O)/C1=C\c1cccc(OC)c1. The lowest BCUT2D eigenvalue weighted by molar-refractivity contribution is -0.136.